The minimum absolute atomic E-state index is 0.179. The fourth-order valence-electron chi connectivity index (χ4n) is 4.21. The van der Waals surface area contributed by atoms with Gasteiger partial charge in [-0.05, 0) is 43.5 Å². The van der Waals surface area contributed by atoms with Crippen molar-refractivity contribution in [2.75, 3.05) is 18.0 Å². The highest BCUT2D eigenvalue weighted by Crippen LogP contribution is 2.38. The second-order valence-corrected chi connectivity index (χ2v) is 9.59. The molecule has 6 nitrogen and oxygen atoms in total. The first-order chi connectivity index (χ1) is 15.5. The van der Waals surface area contributed by atoms with Crippen LogP contribution >= 0.6 is 24.0 Å². The molecule has 0 N–H and O–H groups in total. The van der Waals surface area contributed by atoms with E-state index in [0.29, 0.717) is 26.3 Å². The minimum Gasteiger partial charge on any atom is -0.356 e. The molecule has 32 heavy (non-hydrogen) atoms. The van der Waals surface area contributed by atoms with Crippen LogP contribution in [0, 0.1) is 0 Å². The molecule has 162 valence electrons. The van der Waals surface area contributed by atoms with Crippen LogP contribution in [0.25, 0.3) is 11.7 Å². The summed E-state index contributed by atoms with van der Waals surface area (Å²) >= 11 is 6.79. The maximum absolute atomic E-state index is 13.4. The normalized spacial score (nSPS) is 18.8. The summed E-state index contributed by atoms with van der Waals surface area (Å²) in [6.45, 7) is 3.66. The zero-order valence-corrected chi connectivity index (χ0v) is 19.2. The molecule has 2 aromatic heterocycles. The van der Waals surface area contributed by atoms with Crippen molar-refractivity contribution in [3.63, 3.8) is 0 Å². The summed E-state index contributed by atoms with van der Waals surface area (Å²) in [5.74, 6) is 0.460. The third-order valence-electron chi connectivity index (χ3n) is 5.92. The van der Waals surface area contributed by atoms with Crippen LogP contribution in [0.4, 0.5) is 5.82 Å². The largest absolute Gasteiger partial charge is 0.356 e. The molecule has 1 atom stereocenters. The van der Waals surface area contributed by atoms with Gasteiger partial charge in [-0.2, -0.15) is 0 Å². The van der Waals surface area contributed by atoms with Gasteiger partial charge >= 0.3 is 0 Å². The number of rotatable bonds is 4. The molecule has 0 saturated carbocycles. The third kappa shape index (κ3) is 3.63. The van der Waals surface area contributed by atoms with Gasteiger partial charge in [0.1, 0.15) is 15.8 Å². The molecule has 2 fully saturated rings. The van der Waals surface area contributed by atoms with Gasteiger partial charge < -0.3 is 4.90 Å². The van der Waals surface area contributed by atoms with E-state index in [1.165, 1.54) is 16.2 Å². The van der Waals surface area contributed by atoms with Crippen molar-refractivity contribution in [1.29, 1.82) is 0 Å². The zero-order valence-electron chi connectivity index (χ0n) is 17.6. The van der Waals surface area contributed by atoms with Gasteiger partial charge in [-0.1, -0.05) is 60.4 Å². The number of amides is 1. The third-order valence-corrected chi connectivity index (χ3v) is 7.25. The Kier molecular flexibility index (Phi) is 5.57. The monoisotopic (exact) mass is 462 g/mol. The van der Waals surface area contributed by atoms with Gasteiger partial charge in [-0.3, -0.25) is 18.9 Å². The number of anilines is 1. The molecule has 2 saturated heterocycles. The van der Waals surface area contributed by atoms with Crippen LogP contribution in [0.15, 0.2) is 64.4 Å². The molecule has 1 amide bonds. The fourth-order valence-corrected chi connectivity index (χ4v) is 5.61. The van der Waals surface area contributed by atoms with E-state index >= 15 is 0 Å². The number of hydrogen-bond donors (Lipinski definition) is 0. The average molecular weight is 463 g/mol. The lowest BCUT2D eigenvalue weighted by atomic mass is 10.1. The quantitative estimate of drug-likeness (QED) is 0.427. The molecule has 0 radical (unpaired) electrons. The van der Waals surface area contributed by atoms with Crippen LogP contribution < -0.4 is 10.5 Å². The van der Waals surface area contributed by atoms with Crippen molar-refractivity contribution in [3.8, 4) is 0 Å². The zero-order chi connectivity index (χ0) is 22.2. The summed E-state index contributed by atoms with van der Waals surface area (Å²) in [4.78, 5) is 35.7. The second kappa shape index (κ2) is 8.52. The molecule has 1 unspecified atom stereocenters. The Morgan fingerprint density at radius 2 is 1.78 bits per heavy atom. The lowest BCUT2D eigenvalue weighted by Gasteiger charge is -2.23. The molecule has 0 aliphatic carbocycles. The van der Waals surface area contributed by atoms with Crippen LogP contribution in [-0.4, -0.2) is 37.6 Å². The van der Waals surface area contributed by atoms with Crippen molar-refractivity contribution >= 4 is 51.7 Å². The van der Waals surface area contributed by atoms with Gasteiger partial charge in [0.15, 0.2) is 0 Å². The van der Waals surface area contributed by atoms with Gasteiger partial charge in [-0.15, -0.1) is 0 Å². The molecule has 1 aromatic carbocycles. The minimum atomic E-state index is -0.191. The van der Waals surface area contributed by atoms with E-state index in [1.807, 2.05) is 49.4 Å². The first-order valence-corrected chi connectivity index (χ1v) is 11.9. The Labute approximate surface area is 195 Å². The maximum atomic E-state index is 13.4. The molecule has 2 aliphatic rings. The number of nitrogens with zero attached hydrogens (tertiary/aromatic N) is 4. The average Bonchev–Trinajstić information content (AvgIpc) is 3.44. The highest BCUT2D eigenvalue weighted by molar-refractivity contribution is 8.26. The predicted octanol–water partition coefficient (Wildman–Crippen LogP) is 4.26. The van der Waals surface area contributed by atoms with E-state index in [2.05, 4.69) is 4.90 Å². The van der Waals surface area contributed by atoms with Crippen molar-refractivity contribution in [2.24, 2.45) is 0 Å². The first kappa shape index (κ1) is 20.9. The molecular weight excluding hydrogens is 440 g/mol. The molecule has 5 rings (SSSR count). The van der Waals surface area contributed by atoms with Gasteiger partial charge in [0.05, 0.1) is 16.5 Å². The van der Waals surface area contributed by atoms with Crippen molar-refractivity contribution < 1.29 is 4.79 Å². The number of thioether (sulfide) groups is 1. The summed E-state index contributed by atoms with van der Waals surface area (Å²) in [6, 6.07) is 15.1. The molecule has 2 aliphatic heterocycles. The van der Waals surface area contributed by atoms with Crippen molar-refractivity contribution in [2.45, 2.75) is 25.8 Å². The van der Waals surface area contributed by atoms with E-state index in [1.54, 1.807) is 23.2 Å². The van der Waals surface area contributed by atoms with Gasteiger partial charge in [0, 0.05) is 19.3 Å². The smallest absolute Gasteiger partial charge is 0.267 e. The Bertz CT molecular complexity index is 1300. The SMILES string of the molecule is CC(c1ccccc1)N1C(=O)C(=Cc2c(N3CCCC3)nc3ccccn3c2=O)SC1=S. The number of pyridine rings is 1. The summed E-state index contributed by atoms with van der Waals surface area (Å²) in [6.07, 6.45) is 5.51. The molecule has 8 heteroatoms. The number of hydrogen-bond acceptors (Lipinski definition) is 6. The Morgan fingerprint density at radius 1 is 1.06 bits per heavy atom. The van der Waals surface area contributed by atoms with Crippen LogP contribution in [0.3, 0.4) is 0 Å². The molecular formula is C24H22N4O2S2. The Hall–Kier alpha value is -2.97. The summed E-state index contributed by atoms with van der Waals surface area (Å²) < 4.78 is 2.02. The number of carbonyl (C=O) groups excluding carboxylic acids is 1. The maximum Gasteiger partial charge on any atom is 0.267 e. The Morgan fingerprint density at radius 3 is 2.53 bits per heavy atom. The van der Waals surface area contributed by atoms with Crippen LogP contribution in [-0.2, 0) is 4.79 Å². The molecule has 3 aromatic rings. The van der Waals surface area contributed by atoms with Crippen molar-refractivity contribution in [3.05, 3.63) is 81.1 Å². The molecule has 4 heterocycles. The fraction of sp³-hybridized carbons (Fsp3) is 0.250. The lowest BCUT2D eigenvalue weighted by molar-refractivity contribution is -0.123. The van der Waals surface area contributed by atoms with Gasteiger partial charge in [0.25, 0.3) is 11.5 Å². The van der Waals surface area contributed by atoms with E-state index in [4.69, 9.17) is 17.2 Å². The standard InChI is InChI=1S/C24H22N4O2S2/c1-16(17-9-3-2-4-10-17)28-23(30)19(32-24(28)31)15-18-21(26-12-7-8-13-26)25-20-11-5-6-14-27(20)22(18)29/h2-6,9-11,14-16H,7-8,12-13H2,1H3. The Balaban J connectivity index is 1.59. The summed E-state index contributed by atoms with van der Waals surface area (Å²) in [7, 11) is 0. The van der Waals surface area contributed by atoms with E-state index in [0.717, 1.165) is 31.5 Å². The van der Waals surface area contributed by atoms with Gasteiger partial charge in [0.2, 0.25) is 0 Å². The summed E-state index contributed by atoms with van der Waals surface area (Å²) in [5.41, 5.74) is 1.86. The highest BCUT2D eigenvalue weighted by atomic mass is 32.2. The number of fused-ring (bicyclic) bond motifs is 1. The van der Waals surface area contributed by atoms with Crippen molar-refractivity contribution in [1.82, 2.24) is 14.3 Å². The number of benzene rings is 1. The second-order valence-electron chi connectivity index (χ2n) is 7.92. The van der Waals surface area contributed by atoms with Crippen LogP contribution in [0.1, 0.15) is 36.9 Å². The predicted molar refractivity (Wildman–Crippen MR) is 133 cm³/mol. The van der Waals surface area contributed by atoms with Crippen LogP contribution in [0.5, 0.6) is 0 Å². The number of carbonyl (C=O) groups is 1. The lowest BCUT2D eigenvalue weighted by Crippen LogP contribution is -2.31. The number of thiocarbonyl (C=S) groups is 1. The van der Waals surface area contributed by atoms with E-state index in [-0.39, 0.29) is 17.5 Å². The van der Waals surface area contributed by atoms with E-state index < -0.39 is 0 Å². The summed E-state index contributed by atoms with van der Waals surface area (Å²) in [5, 5.41) is 0. The van der Waals surface area contributed by atoms with Crippen LogP contribution in [0.2, 0.25) is 0 Å². The van der Waals surface area contributed by atoms with E-state index in [9.17, 15) is 9.59 Å². The highest BCUT2D eigenvalue weighted by Gasteiger charge is 2.36. The first-order valence-electron chi connectivity index (χ1n) is 10.6. The topological polar surface area (TPSA) is 57.9 Å². The molecule has 0 bridgehead atoms. The molecule has 0 spiro atoms. The number of aromatic nitrogens is 2. The van der Waals surface area contributed by atoms with Gasteiger partial charge in [-0.25, -0.2) is 4.98 Å².